The molecule has 1 amide bonds. The molecule has 1 aromatic rings. The van der Waals surface area contributed by atoms with E-state index in [4.69, 9.17) is 17.3 Å². The van der Waals surface area contributed by atoms with Crippen LogP contribution in [0.1, 0.15) is 12.5 Å². The van der Waals surface area contributed by atoms with Crippen molar-refractivity contribution >= 4 is 17.5 Å². The van der Waals surface area contributed by atoms with E-state index in [-0.39, 0.29) is 12.5 Å². The molecule has 0 aliphatic carbocycles. The van der Waals surface area contributed by atoms with Crippen molar-refractivity contribution < 1.29 is 4.79 Å². The quantitative estimate of drug-likeness (QED) is 0.765. The lowest BCUT2D eigenvalue weighted by atomic mass is 10.2. The van der Waals surface area contributed by atoms with Gasteiger partial charge in [-0.3, -0.25) is 9.69 Å². The number of aromatic nitrogens is 1. The number of nitrogens with two attached hydrogens (primary N) is 1. The van der Waals surface area contributed by atoms with E-state index in [2.05, 4.69) is 4.98 Å². The lowest BCUT2D eigenvalue weighted by Gasteiger charge is -2.18. The van der Waals surface area contributed by atoms with Crippen LogP contribution < -0.4 is 5.73 Å². The van der Waals surface area contributed by atoms with E-state index in [1.165, 1.54) is 0 Å². The summed E-state index contributed by atoms with van der Waals surface area (Å²) in [6.07, 6.45) is 1.64. The molecule has 0 saturated heterocycles. The summed E-state index contributed by atoms with van der Waals surface area (Å²) < 4.78 is 0. The molecule has 0 fully saturated rings. The van der Waals surface area contributed by atoms with Gasteiger partial charge in [-0.1, -0.05) is 24.6 Å². The number of amides is 1. The lowest BCUT2D eigenvalue weighted by molar-refractivity contribution is -0.119. The second-order valence-electron chi connectivity index (χ2n) is 3.22. The van der Waals surface area contributed by atoms with Gasteiger partial charge in [0, 0.05) is 18.3 Å². The topological polar surface area (TPSA) is 59.2 Å². The zero-order valence-corrected chi connectivity index (χ0v) is 9.37. The Balaban J connectivity index is 2.66. The minimum absolute atomic E-state index is 0.238. The van der Waals surface area contributed by atoms with E-state index in [0.717, 1.165) is 12.1 Å². The molecule has 0 spiro atoms. The maximum absolute atomic E-state index is 10.8. The molecular formula is C10H14ClN3O. The van der Waals surface area contributed by atoms with Crippen LogP contribution in [-0.4, -0.2) is 28.9 Å². The number of nitrogens with zero attached hydrogens (tertiary/aromatic N) is 2. The molecule has 1 heterocycles. The number of carbonyl (C=O) groups is 1. The fraction of sp³-hybridized carbons (Fsp3) is 0.400. The van der Waals surface area contributed by atoms with Gasteiger partial charge in [-0.2, -0.15) is 0 Å². The molecule has 1 rings (SSSR count). The first kappa shape index (κ1) is 11.9. The van der Waals surface area contributed by atoms with Crippen molar-refractivity contribution in [2.75, 3.05) is 13.1 Å². The number of carbonyl (C=O) groups excluding carboxylic acids is 1. The van der Waals surface area contributed by atoms with E-state index in [1.807, 2.05) is 24.0 Å². The van der Waals surface area contributed by atoms with Crippen molar-refractivity contribution in [2.24, 2.45) is 5.73 Å². The average Bonchev–Trinajstić information content (AvgIpc) is 2.19. The zero-order chi connectivity index (χ0) is 11.3. The molecule has 0 saturated carbocycles. The van der Waals surface area contributed by atoms with Gasteiger partial charge in [0.15, 0.2) is 0 Å². The Bertz CT molecular complexity index is 343. The maximum atomic E-state index is 10.8. The molecular weight excluding hydrogens is 214 g/mol. The van der Waals surface area contributed by atoms with Gasteiger partial charge in [0.2, 0.25) is 5.91 Å². The Kier molecular flexibility index (Phi) is 4.52. The van der Waals surface area contributed by atoms with Crippen LogP contribution in [0.5, 0.6) is 0 Å². The monoisotopic (exact) mass is 227 g/mol. The second-order valence-corrected chi connectivity index (χ2v) is 3.58. The Morgan fingerprint density at radius 2 is 2.40 bits per heavy atom. The van der Waals surface area contributed by atoms with Crippen LogP contribution in [-0.2, 0) is 11.3 Å². The third kappa shape index (κ3) is 3.85. The van der Waals surface area contributed by atoms with Gasteiger partial charge in [-0.25, -0.2) is 4.98 Å². The molecule has 82 valence electrons. The smallest absolute Gasteiger partial charge is 0.231 e. The van der Waals surface area contributed by atoms with Crippen LogP contribution in [0.25, 0.3) is 0 Å². The zero-order valence-electron chi connectivity index (χ0n) is 8.61. The summed E-state index contributed by atoms with van der Waals surface area (Å²) in [4.78, 5) is 16.7. The number of likely N-dealkylation sites (N-methyl/N-ethyl adjacent to an activating group) is 1. The molecule has 2 N–H and O–H groups in total. The van der Waals surface area contributed by atoms with Crippen molar-refractivity contribution in [1.29, 1.82) is 0 Å². The summed E-state index contributed by atoms with van der Waals surface area (Å²) >= 11 is 5.91. The molecule has 4 nitrogen and oxygen atoms in total. The largest absolute Gasteiger partial charge is 0.369 e. The number of halogens is 1. The Morgan fingerprint density at radius 3 is 2.93 bits per heavy atom. The fourth-order valence-electron chi connectivity index (χ4n) is 1.28. The van der Waals surface area contributed by atoms with E-state index in [9.17, 15) is 4.79 Å². The first-order chi connectivity index (χ1) is 7.13. The standard InChI is InChI=1S/C10H14ClN3O/c1-2-14(7-9(12)15)6-8-4-3-5-13-10(8)11/h3-5H,2,6-7H2,1H3,(H2,12,15). The molecule has 0 radical (unpaired) electrons. The van der Waals surface area contributed by atoms with Gasteiger partial charge in [0.1, 0.15) is 5.15 Å². The third-order valence-electron chi connectivity index (χ3n) is 2.06. The molecule has 0 aromatic carbocycles. The van der Waals surface area contributed by atoms with Crippen LogP contribution in [0.4, 0.5) is 0 Å². The lowest BCUT2D eigenvalue weighted by Crippen LogP contribution is -2.33. The van der Waals surface area contributed by atoms with E-state index in [0.29, 0.717) is 11.7 Å². The summed E-state index contributed by atoms with van der Waals surface area (Å²) in [5, 5.41) is 0.473. The van der Waals surface area contributed by atoms with E-state index < -0.39 is 0 Å². The predicted molar refractivity (Wildman–Crippen MR) is 59.4 cm³/mol. The highest BCUT2D eigenvalue weighted by molar-refractivity contribution is 6.30. The van der Waals surface area contributed by atoms with Gasteiger partial charge in [0.25, 0.3) is 0 Å². The van der Waals surface area contributed by atoms with Gasteiger partial charge >= 0.3 is 0 Å². The van der Waals surface area contributed by atoms with Crippen LogP contribution >= 0.6 is 11.6 Å². The van der Waals surface area contributed by atoms with Gasteiger partial charge in [0.05, 0.1) is 6.54 Å². The Labute approximate surface area is 94.0 Å². The van der Waals surface area contributed by atoms with Crippen molar-refractivity contribution in [3.63, 3.8) is 0 Å². The Hall–Kier alpha value is -1.13. The average molecular weight is 228 g/mol. The number of pyridine rings is 1. The van der Waals surface area contributed by atoms with Crippen molar-refractivity contribution in [3.8, 4) is 0 Å². The number of hydrogen-bond acceptors (Lipinski definition) is 3. The first-order valence-corrected chi connectivity index (χ1v) is 5.11. The van der Waals surface area contributed by atoms with Gasteiger partial charge < -0.3 is 5.73 Å². The highest BCUT2D eigenvalue weighted by Gasteiger charge is 2.09. The maximum Gasteiger partial charge on any atom is 0.231 e. The van der Waals surface area contributed by atoms with E-state index in [1.54, 1.807) is 6.20 Å². The van der Waals surface area contributed by atoms with Gasteiger partial charge in [-0.05, 0) is 12.6 Å². The number of primary amides is 1. The minimum Gasteiger partial charge on any atom is -0.369 e. The normalized spacial score (nSPS) is 10.6. The van der Waals surface area contributed by atoms with Crippen LogP contribution in [0.15, 0.2) is 18.3 Å². The van der Waals surface area contributed by atoms with Crippen molar-refractivity contribution in [3.05, 3.63) is 29.0 Å². The summed E-state index contributed by atoms with van der Waals surface area (Å²) in [5.74, 6) is -0.336. The first-order valence-electron chi connectivity index (χ1n) is 4.73. The molecule has 15 heavy (non-hydrogen) atoms. The molecule has 5 heteroatoms. The van der Waals surface area contributed by atoms with E-state index >= 15 is 0 Å². The minimum atomic E-state index is -0.336. The van der Waals surface area contributed by atoms with Crippen LogP contribution in [0.2, 0.25) is 5.15 Å². The molecule has 0 aliphatic rings. The van der Waals surface area contributed by atoms with Gasteiger partial charge in [-0.15, -0.1) is 0 Å². The molecule has 0 atom stereocenters. The van der Waals surface area contributed by atoms with Crippen molar-refractivity contribution in [1.82, 2.24) is 9.88 Å². The molecule has 0 bridgehead atoms. The van der Waals surface area contributed by atoms with Crippen LogP contribution in [0, 0.1) is 0 Å². The van der Waals surface area contributed by atoms with Crippen molar-refractivity contribution in [2.45, 2.75) is 13.5 Å². The predicted octanol–water partition coefficient (Wildman–Crippen LogP) is 1.04. The SMILES string of the molecule is CCN(CC(N)=O)Cc1cccnc1Cl. The second kappa shape index (κ2) is 5.68. The number of rotatable bonds is 5. The summed E-state index contributed by atoms with van der Waals surface area (Å²) in [5.41, 5.74) is 6.04. The summed E-state index contributed by atoms with van der Waals surface area (Å²) in [6.45, 7) is 3.54. The van der Waals surface area contributed by atoms with Crippen LogP contribution in [0.3, 0.4) is 0 Å². The molecule has 1 aromatic heterocycles. The fourth-order valence-corrected chi connectivity index (χ4v) is 1.46. The third-order valence-corrected chi connectivity index (χ3v) is 2.40. The molecule has 0 unspecified atom stereocenters. The summed E-state index contributed by atoms with van der Waals surface area (Å²) in [6, 6.07) is 3.71. The number of hydrogen-bond donors (Lipinski definition) is 1. The molecule has 0 aliphatic heterocycles. The highest BCUT2D eigenvalue weighted by atomic mass is 35.5. The Morgan fingerprint density at radius 1 is 1.67 bits per heavy atom. The highest BCUT2D eigenvalue weighted by Crippen LogP contribution is 2.13. The summed E-state index contributed by atoms with van der Waals surface area (Å²) in [7, 11) is 0.